The van der Waals surface area contributed by atoms with Crippen molar-refractivity contribution in [3.8, 4) is 0 Å². The van der Waals surface area contributed by atoms with Crippen LogP contribution in [0, 0.1) is 5.41 Å². The summed E-state index contributed by atoms with van der Waals surface area (Å²) in [4.78, 5) is 4.39. The van der Waals surface area contributed by atoms with E-state index in [0.29, 0.717) is 18.0 Å². The molecule has 4 nitrogen and oxygen atoms in total. The van der Waals surface area contributed by atoms with E-state index in [1.807, 2.05) is 0 Å². The smallest absolute Gasteiger partial charge is 0.188 e. The maximum Gasteiger partial charge on any atom is 0.188 e. The molecule has 1 saturated carbocycles. The van der Waals surface area contributed by atoms with Gasteiger partial charge in [0.15, 0.2) is 5.96 Å². The fraction of sp³-hybridized carbons (Fsp3) is 0.909. The van der Waals surface area contributed by atoms with Crippen LogP contribution in [0.2, 0.25) is 0 Å². The molecule has 0 aromatic heterocycles. The lowest BCUT2D eigenvalue weighted by molar-refractivity contribution is 0.139. The van der Waals surface area contributed by atoms with E-state index in [1.165, 1.54) is 25.7 Å². The highest BCUT2D eigenvalue weighted by Gasteiger charge is 2.34. The molecular weight excluding hydrogens is 317 g/mol. The summed E-state index contributed by atoms with van der Waals surface area (Å²) in [6.45, 7) is 4.50. The van der Waals surface area contributed by atoms with Crippen molar-refractivity contribution in [3.63, 3.8) is 0 Å². The standard InChI is InChI=1S/C11H23N3O.HI/c1-3-11(5-4-6-11)9-14-10(12)13-7-8-15-2;/h3-9H2,1-2H3,(H3,12,13,14);1H. The summed E-state index contributed by atoms with van der Waals surface area (Å²) in [6, 6.07) is 0. The maximum absolute atomic E-state index is 5.74. The van der Waals surface area contributed by atoms with Crippen molar-refractivity contribution in [2.75, 3.05) is 26.8 Å². The van der Waals surface area contributed by atoms with Crippen LogP contribution in [0.4, 0.5) is 0 Å². The molecule has 0 aromatic rings. The van der Waals surface area contributed by atoms with Crippen LogP contribution < -0.4 is 11.1 Å². The molecule has 96 valence electrons. The van der Waals surface area contributed by atoms with Crippen LogP contribution in [0.5, 0.6) is 0 Å². The Morgan fingerprint density at radius 2 is 2.19 bits per heavy atom. The zero-order chi connectivity index (χ0) is 11.1. The molecule has 16 heavy (non-hydrogen) atoms. The monoisotopic (exact) mass is 341 g/mol. The maximum atomic E-state index is 5.74. The predicted molar refractivity (Wildman–Crippen MR) is 78.4 cm³/mol. The Bertz CT molecular complexity index is 212. The van der Waals surface area contributed by atoms with Gasteiger partial charge in [-0.1, -0.05) is 13.3 Å². The first-order valence-corrected chi connectivity index (χ1v) is 5.75. The van der Waals surface area contributed by atoms with Gasteiger partial charge < -0.3 is 15.8 Å². The number of halogens is 1. The summed E-state index contributed by atoms with van der Waals surface area (Å²) in [5, 5.41) is 3.03. The van der Waals surface area contributed by atoms with Gasteiger partial charge in [0.25, 0.3) is 0 Å². The van der Waals surface area contributed by atoms with Crippen molar-refractivity contribution in [1.82, 2.24) is 5.32 Å². The highest BCUT2D eigenvalue weighted by atomic mass is 127. The van der Waals surface area contributed by atoms with Crippen LogP contribution in [0.15, 0.2) is 4.99 Å². The number of rotatable bonds is 6. The minimum atomic E-state index is 0. The van der Waals surface area contributed by atoms with E-state index in [1.54, 1.807) is 7.11 Å². The van der Waals surface area contributed by atoms with Gasteiger partial charge in [-0.2, -0.15) is 0 Å². The molecule has 0 atom stereocenters. The average molecular weight is 341 g/mol. The van der Waals surface area contributed by atoms with E-state index >= 15 is 0 Å². The molecule has 0 heterocycles. The number of nitrogens with two attached hydrogens (primary N) is 1. The minimum absolute atomic E-state index is 0. The van der Waals surface area contributed by atoms with Crippen molar-refractivity contribution in [3.05, 3.63) is 0 Å². The molecule has 5 heteroatoms. The molecule has 0 aromatic carbocycles. The van der Waals surface area contributed by atoms with Gasteiger partial charge >= 0.3 is 0 Å². The lowest BCUT2D eigenvalue weighted by Crippen LogP contribution is -2.37. The number of nitrogens with zero attached hydrogens (tertiary/aromatic N) is 1. The number of methoxy groups -OCH3 is 1. The van der Waals surface area contributed by atoms with Crippen molar-refractivity contribution < 1.29 is 4.74 Å². The Hall–Kier alpha value is -0.0400. The van der Waals surface area contributed by atoms with Crippen molar-refractivity contribution in [2.45, 2.75) is 32.6 Å². The predicted octanol–water partition coefficient (Wildman–Crippen LogP) is 1.74. The van der Waals surface area contributed by atoms with Gasteiger partial charge in [-0.15, -0.1) is 24.0 Å². The van der Waals surface area contributed by atoms with E-state index < -0.39 is 0 Å². The molecule has 0 amide bonds. The molecule has 0 bridgehead atoms. The summed E-state index contributed by atoms with van der Waals surface area (Å²) >= 11 is 0. The third-order valence-corrected chi connectivity index (χ3v) is 3.36. The Kier molecular flexibility index (Phi) is 8.09. The Morgan fingerprint density at radius 3 is 2.62 bits per heavy atom. The zero-order valence-electron chi connectivity index (χ0n) is 10.3. The zero-order valence-corrected chi connectivity index (χ0v) is 12.6. The molecule has 1 rings (SSSR count). The first-order valence-electron chi connectivity index (χ1n) is 5.75. The summed E-state index contributed by atoms with van der Waals surface area (Å²) in [5.74, 6) is 0.548. The van der Waals surface area contributed by atoms with Crippen LogP contribution in [0.3, 0.4) is 0 Å². The SMILES string of the molecule is CCC1(CN=C(N)NCCOC)CCC1.I. The van der Waals surface area contributed by atoms with Gasteiger partial charge in [-0.05, 0) is 24.7 Å². The van der Waals surface area contributed by atoms with Crippen molar-refractivity contribution in [1.29, 1.82) is 0 Å². The number of hydrogen-bond acceptors (Lipinski definition) is 2. The van der Waals surface area contributed by atoms with Crippen LogP contribution in [0.1, 0.15) is 32.6 Å². The minimum Gasteiger partial charge on any atom is -0.383 e. The molecule has 1 fully saturated rings. The van der Waals surface area contributed by atoms with E-state index in [4.69, 9.17) is 10.5 Å². The van der Waals surface area contributed by atoms with Crippen LogP contribution in [0.25, 0.3) is 0 Å². The molecule has 3 N–H and O–H groups in total. The molecule has 0 radical (unpaired) electrons. The van der Waals surface area contributed by atoms with Crippen LogP contribution >= 0.6 is 24.0 Å². The van der Waals surface area contributed by atoms with Crippen molar-refractivity contribution in [2.24, 2.45) is 16.1 Å². The quantitative estimate of drug-likeness (QED) is 0.335. The summed E-state index contributed by atoms with van der Waals surface area (Å²) in [6.07, 6.45) is 5.17. The summed E-state index contributed by atoms with van der Waals surface area (Å²) in [7, 11) is 1.68. The third-order valence-electron chi connectivity index (χ3n) is 3.36. The highest BCUT2D eigenvalue weighted by molar-refractivity contribution is 14.0. The summed E-state index contributed by atoms with van der Waals surface area (Å²) in [5.41, 5.74) is 6.19. The van der Waals surface area contributed by atoms with Gasteiger partial charge in [-0.3, -0.25) is 4.99 Å². The molecule has 0 spiro atoms. The lowest BCUT2D eigenvalue weighted by atomic mass is 9.67. The van der Waals surface area contributed by atoms with Gasteiger partial charge in [-0.25, -0.2) is 0 Å². The molecule has 1 aliphatic rings. The second-order valence-electron chi connectivity index (χ2n) is 4.33. The average Bonchev–Trinajstić information content (AvgIpc) is 2.17. The van der Waals surface area contributed by atoms with Gasteiger partial charge in [0.1, 0.15) is 0 Å². The van der Waals surface area contributed by atoms with Crippen LogP contribution in [-0.2, 0) is 4.74 Å². The van der Waals surface area contributed by atoms with Crippen molar-refractivity contribution >= 4 is 29.9 Å². The van der Waals surface area contributed by atoms with Gasteiger partial charge in [0.05, 0.1) is 6.61 Å². The van der Waals surface area contributed by atoms with Gasteiger partial charge in [0.2, 0.25) is 0 Å². The van der Waals surface area contributed by atoms with Gasteiger partial charge in [0, 0.05) is 20.2 Å². The number of guanidine groups is 1. The fourth-order valence-electron chi connectivity index (χ4n) is 1.89. The molecule has 0 aliphatic heterocycles. The summed E-state index contributed by atoms with van der Waals surface area (Å²) < 4.78 is 4.92. The second-order valence-corrected chi connectivity index (χ2v) is 4.33. The Labute approximate surface area is 115 Å². The second kappa shape index (κ2) is 8.11. The molecule has 1 aliphatic carbocycles. The van der Waals surface area contributed by atoms with Crippen LogP contribution in [-0.4, -0.2) is 32.8 Å². The van der Waals surface area contributed by atoms with E-state index in [9.17, 15) is 0 Å². The lowest BCUT2D eigenvalue weighted by Gasteiger charge is -2.40. The van der Waals surface area contributed by atoms with E-state index in [-0.39, 0.29) is 24.0 Å². The molecule has 0 saturated heterocycles. The first kappa shape index (κ1) is 16.0. The highest BCUT2D eigenvalue weighted by Crippen LogP contribution is 2.43. The van der Waals surface area contributed by atoms with E-state index in [2.05, 4.69) is 17.2 Å². The third kappa shape index (κ3) is 4.86. The first-order chi connectivity index (χ1) is 7.22. The number of aliphatic imine (C=N–C) groups is 1. The normalized spacial score (nSPS) is 18.5. The number of ether oxygens (including phenoxy) is 1. The number of nitrogens with one attached hydrogen (secondary N) is 1. The molecule has 0 unspecified atom stereocenters. The topological polar surface area (TPSA) is 59.6 Å². The Morgan fingerprint density at radius 1 is 1.50 bits per heavy atom. The number of hydrogen-bond donors (Lipinski definition) is 2. The largest absolute Gasteiger partial charge is 0.383 e. The van der Waals surface area contributed by atoms with E-state index in [0.717, 1.165) is 13.1 Å². The Balaban J connectivity index is 0.00000225. The fourth-order valence-corrected chi connectivity index (χ4v) is 1.89. The molecular formula is C11H24IN3O.